The van der Waals surface area contributed by atoms with Crippen LogP contribution in [0.2, 0.25) is 0 Å². The number of hydrogen-bond acceptors (Lipinski definition) is 4. The van der Waals surface area contributed by atoms with E-state index in [2.05, 4.69) is 10.2 Å². The SMILES string of the molecule is CC(NC1CCN2CCC1C2)C(=O)N1CCOCC1. The molecule has 0 saturated carbocycles. The summed E-state index contributed by atoms with van der Waals surface area (Å²) in [6, 6.07) is 0.467. The Kier molecular flexibility index (Phi) is 4.05. The molecule has 0 spiro atoms. The van der Waals surface area contributed by atoms with Gasteiger partial charge >= 0.3 is 0 Å². The van der Waals surface area contributed by atoms with Crippen molar-refractivity contribution in [3.63, 3.8) is 0 Å². The molecule has 4 unspecified atom stereocenters. The van der Waals surface area contributed by atoms with Crippen molar-refractivity contribution in [2.24, 2.45) is 5.92 Å². The minimum Gasteiger partial charge on any atom is -0.378 e. The number of carbonyl (C=O) groups is 1. The zero-order chi connectivity index (χ0) is 13.2. The fourth-order valence-electron chi connectivity index (χ4n) is 3.62. The largest absolute Gasteiger partial charge is 0.378 e. The molecular weight excluding hydrogens is 242 g/mol. The third-order valence-electron chi connectivity index (χ3n) is 4.79. The van der Waals surface area contributed by atoms with Crippen LogP contribution in [0.25, 0.3) is 0 Å². The lowest BCUT2D eigenvalue weighted by Crippen LogP contribution is -2.54. The number of rotatable bonds is 3. The maximum absolute atomic E-state index is 12.4. The van der Waals surface area contributed by atoms with Crippen LogP contribution < -0.4 is 5.32 Å². The molecule has 3 saturated heterocycles. The number of piperidine rings is 1. The van der Waals surface area contributed by atoms with Gasteiger partial charge in [-0.3, -0.25) is 4.79 Å². The first-order valence-corrected chi connectivity index (χ1v) is 7.59. The van der Waals surface area contributed by atoms with E-state index in [1.165, 1.54) is 32.5 Å². The number of morpholine rings is 1. The van der Waals surface area contributed by atoms with E-state index in [0.29, 0.717) is 19.3 Å². The molecule has 5 nitrogen and oxygen atoms in total. The summed E-state index contributed by atoms with van der Waals surface area (Å²) >= 11 is 0. The van der Waals surface area contributed by atoms with E-state index in [-0.39, 0.29) is 11.9 Å². The molecule has 1 N–H and O–H groups in total. The quantitative estimate of drug-likeness (QED) is 0.777. The first-order valence-electron chi connectivity index (χ1n) is 7.59. The van der Waals surface area contributed by atoms with E-state index in [9.17, 15) is 4.79 Å². The maximum atomic E-state index is 12.4. The zero-order valence-corrected chi connectivity index (χ0v) is 11.8. The normalized spacial score (nSPS) is 36.3. The number of nitrogens with zero attached hydrogens (tertiary/aromatic N) is 2. The molecular formula is C14H25N3O2. The molecule has 2 bridgehead atoms. The Labute approximate surface area is 115 Å². The van der Waals surface area contributed by atoms with Gasteiger partial charge in [0.25, 0.3) is 0 Å². The van der Waals surface area contributed by atoms with Gasteiger partial charge in [0.05, 0.1) is 19.3 Å². The Hall–Kier alpha value is -0.650. The second-order valence-electron chi connectivity index (χ2n) is 6.07. The van der Waals surface area contributed by atoms with Crippen LogP contribution in [0.15, 0.2) is 0 Å². The Morgan fingerprint density at radius 1 is 1.21 bits per heavy atom. The van der Waals surface area contributed by atoms with Crippen LogP contribution in [0.5, 0.6) is 0 Å². The van der Waals surface area contributed by atoms with Gasteiger partial charge in [-0.05, 0) is 38.8 Å². The summed E-state index contributed by atoms with van der Waals surface area (Å²) < 4.78 is 5.30. The highest BCUT2D eigenvalue weighted by Gasteiger charge is 2.35. The highest BCUT2D eigenvalue weighted by molar-refractivity contribution is 5.81. The predicted octanol–water partition coefficient (Wildman–Crippen LogP) is -0.0825. The third kappa shape index (κ3) is 2.93. The van der Waals surface area contributed by atoms with E-state index < -0.39 is 0 Å². The molecule has 108 valence electrons. The molecule has 0 aromatic heterocycles. The van der Waals surface area contributed by atoms with Gasteiger partial charge in [0.1, 0.15) is 0 Å². The summed E-state index contributed by atoms with van der Waals surface area (Å²) in [5, 5.41) is 3.58. The molecule has 3 rings (SSSR count). The molecule has 0 radical (unpaired) electrons. The first kappa shape index (κ1) is 13.3. The van der Waals surface area contributed by atoms with Crippen LogP contribution in [0.1, 0.15) is 19.8 Å². The molecule has 19 heavy (non-hydrogen) atoms. The second kappa shape index (κ2) is 5.77. The van der Waals surface area contributed by atoms with Crippen LogP contribution in [0, 0.1) is 5.92 Å². The molecule has 3 aliphatic rings. The van der Waals surface area contributed by atoms with E-state index >= 15 is 0 Å². The molecule has 0 aliphatic carbocycles. The predicted molar refractivity (Wildman–Crippen MR) is 72.9 cm³/mol. The van der Waals surface area contributed by atoms with Crippen molar-refractivity contribution in [1.82, 2.24) is 15.1 Å². The number of ether oxygens (including phenoxy) is 1. The van der Waals surface area contributed by atoms with Crippen molar-refractivity contribution in [2.75, 3.05) is 45.9 Å². The summed E-state index contributed by atoms with van der Waals surface area (Å²) in [7, 11) is 0. The summed E-state index contributed by atoms with van der Waals surface area (Å²) in [6.45, 7) is 8.51. The molecule has 5 heteroatoms. The molecule has 0 aromatic rings. The van der Waals surface area contributed by atoms with E-state index in [1.807, 2.05) is 11.8 Å². The van der Waals surface area contributed by atoms with Gasteiger partial charge in [-0.2, -0.15) is 0 Å². The van der Waals surface area contributed by atoms with Gasteiger partial charge in [-0.1, -0.05) is 0 Å². The Morgan fingerprint density at radius 2 is 1.95 bits per heavy atom. The molecule has 3 aliphatic heterocycles. The van der Waals surface area contributed by atoms with E-state index in [0.717, 1.165) is 19.0 Å². The number of amides is 1. The van der Waals surface area contributed by atoms with Gasteiger partial charge < -0.3 is 19.9 Å². The standard InChI is InChI=1S/C14H25N3O2/c1-11(14(18)17-6-8-19-9-7-17)15-13-3-5-16-4-2-12(13)10-16/h11-13,15H,2-10H2,1H3. The first-order chi connectivity index (χ1) is 9.24. The van der Waals surface area contributed by atoms with Crippen molar-refractivity contribution in [2.45, 2.75) is 31.8 Å². The number of nitrogens with one attached hydrogen (secondary N) is 1. The fourth-order valence-corrected chi connectivity index (χ4v) is 3.62. The van der Waals surface area contributed by atoms with Crippen LogP contribution in [-0.4, -0.2) is 73.7 Å². The highest BCUT2D eigenvalue weighted by atomic mass is 16.5. The van der Waals surface area contributed by atoms with Crippen molar-refractivity contribution in [3.8, 4) is 0 Å². The minimum atomic E-state index is -0.0600. The summed E-state index contributed by atoms with van der Waals surface area (Å²) in [4.78, 5) is 16.8. The van der Waals surface area contributed by atoms with Crippen molar-refractivity contribution in [3.05, 3.63) is 0 Å². The van der Waals surface area contributed by atoms with Crippen LogP contribution >= 0.6 is 0 Å². The Morgan fingerprint density at radius 3 is 2.74 bits per heavy atom. The summed E-state index contributed by atoms with van der Waals surface area (Å²) in [5.74, 6) is 0.984. The maximum Gasteiger partial charge on any atom is 0.239 e. The third-order valence-corrected chi connectivity index (χ3v) is 4.79. The van der Waals surface area contributed by atoms with Gasteiger partial charge in [-0.25, -0.2) is 0 Å². The molecule has 3 fully saturated rings. The minimum absolute atomic E-state index is 0.0600. The lowest BCUT2D eigenvalue weighted by atomic mass is 9.93. The van der Waals surface area contributed by atoms with Crippen LogP contribution in [-0.2, 0) is 9.53 Å². The smallest absolute Gasteiger partial charge is 0.239 e. The molecule has 3 heterocycles. The molecule has 1 amide bonds. The fraction of sp³-hybridized carbons (Fsp3) is 0.929. The molecule has 4 atom stereocenters. The summed E-state index contributed by atoms with van der Waals surface area (Å²) in [6.07, 6.45) is 2.47. The van der Waals surface area contributed by atoms with Crippen molar-refractivity contribution in [1.29, 1.82) is 0 Å². The van der Waals surface area contributed by atoms with Gasteiger partial charge in [0, 0.05) is 25.7 Å². The number of carbonyl (C=O) groups excluding carboxylic acids is 1. The summed E-state index contributed by atoms with van der Waals surface area (Å²) in [5.41, 5.74) is 0. The van der Waals surface area contributed by atoms with E-state index in [1.54, 1.807) is 0 Å². The second-order valence-corrected chi connectivity index (χ2v) is 6.07. The number of hydrogen-bond donors (Lipinski definition) is 1. The Balaban J connectivity index is 1.52. The molecule has 0 aromatic carbocycles. The zero-order valence-electron chi connectivity index (χ0n) is 11.8. The van der Waals surface area contributed by atoms with Gasteiger partial charge in [0.15, 0.2) is 0 Å². The Bertz CT molecular complexity index is 331. The lowest BCUT2D eigenvalue weighted by molar-refractivity contribution is -0.137. The number of fused-ring (bicyclic) bond motifs is 2. The van der Waals surface area contributed by atoms with E-state index in [4.69, 9.17) is 4.74 Å². The van der Waals surface area contributed by atoms with Gasteiger partial charge in [-0.15, -0.1) is 0 Å². The highest BCUT2D eigenvalue weighted by Crippen LogP contribution is 2.27. The van der Waals surface area contributed by atoms with Crippen LogP contribution in [0.3, 0.4) is 0 Å². The topological polar surface area (TPSA) is 44.8 Å². The monoisotopic (exact) mass is 267 g/mol. The average Bonchev–Trinajstić information content (AvgIpc) is 2.85. The van der Waals surface area contributed by atoms with Gasteiger partial charge in [0.2, 0.25) is 5.91 Å². The van der Waals surface area contributed by atoms with Crippen molar-refractivity contribution < 1.29 is 9.53 Å². The van der Waals surface area contributed by atoms with Crippen molar-refractivity contribution >= 4 is 5.91 Å². The average molecular weight is 267 g/mol. The van der Waals surface area contributed by atoms with Crippen LogP contribution in [0.4, 0.5) is 0 Å². The lowest BCUT2D eigenvalue weighted by Gasteiger charge is -2.35.